The van der Waals surface area contributed by atoms with E-state index in [4.69, 9.17) is 0 Å². The van der Waals surface area contributed by atoms with Gasteiger partial charge in [0.05, 0.1) is 18.3 Å². The number of aromatic nitrogens is 5. The lowest BCUT2D eigenvalue weighted by Crippen LogP contribution is -2.29. The first-order valence-electron chi connectivity index (χ1n) is 8.61. The van der Waals surface area contributed by atoms with Gasteiger partial charge in [-0.25, -0.2) is 9.97 Å². The number of imidazole rings is 1. The standard InChI is InChI=1S/C18H24N6OS/c1-11(2)16-19-6-7-24(16)9-14-8-15(22-21-14)18(25)23(5)13(4)17-20-12(3)10-26-17/h6-8,10-11,13H,9H2,1-5H3,(H,21,22). The average Bonchev–Trinajstić information content (AvgIpc) is 3.34. The van der Waals surface area contributed by atoms with Gasteiger partial charge in [0.15, 0.2) is 0 Å². The Morgan fingerprint density at radius 2 is 2.15 bits per heavy atom. The average molecular weight is 372 g/mol. The van der Waals surface area contributed by atoms with Gasteiger partial charge >= 0.3 is 0 Å². The van der Waals surface area contributed by atoms with Crippen molar-refractivity contribution in [2.75, 3.05) is 7.05 Å². The third-order valence-corrected chi connectivity index (χ3v) is 5.48. The van der Waals surface area contributed by atoms with Crippen LogP contribution in [0.15, 0.2) is 23.8 Å². The fourth-order valence-electron chi connectivity index (χ4n) is 2.78. The maximum atomic E-state index is 12.8. The number of carbonyl (C=O) groups excluding carboxylic acids is 1. The number of aromatic amines is 1. The Morgan fingerprint density at radius 3 is 2.81 bits per heavy atom. The summed E-state index contributed by atoms with van der Waals surface area (Å²) < 4.78 is 2.07. The Labute approximate surface area is 157 Å². The summed E-state index contributed by atoms with van der Waals surface area (Å²) in [4.78, 5) is 23.3. The second-order valence-corrected chi connectivity index (χ2v) is 7.66. The van der Waals surface area contributed by atoms with Crippen molar-refractivity contribution >= 4 is 17.2 Å². The first-order chi connectivity index (χ1) is 12.4. The maximum absolute atomic E-state index is 12.8. The van der Waals surface area contributed by atoms with E-state index in [9.17, 15) is 4.79 Å². The predicted octanol–water partition coefficient (Wildman–Crippen LogP) is 3.38. The molecule has 0 aliphatic carbocycles. The number of aryl methyl sites for hydroxylation is 1. The molecule has 1 amide bonds. The molecule has 8 heteroatoms. The van der Waals surface area contributed by atoms with Crippen LogP contribution in [0.1, 0.15) is 65.4 Å². The van der Waals surface area contributed by atoms with Gasteiger partial charge < -0.3 is 9.47 Å². The highest BCUT2D eigenvalue weighted by molar-refractivity contribution is 7.09. The van der Waals surface area contributed by atoms with Crippen molar-refractivity contribution in [2.45, 2.75) is 46.2 Å². The summed E-state index contributed by atoms with van der Waals surface area (Å²) in [5.41, 5.74) is 2.26. The molecule has 3 rings (SSSR count). The molecule has 0 aromatic carbocycles. The molecule has 3 aromatic rings. The van der Waals surface area contributed by atoms with E-state index in [1.807, 2.05) is 31.5 Å². The first kappa shape index (κ1) is 18.3. The second kappa shape index (κ2) is 7.41. The molecule has 7 nitrogen and oxygen atoms in total. The van der Waals surface area contributed by atoms with Crippen molar-refractivity contribution in [2.24, 2.45) is 0 Å². The summed E-state index contributed by atoms with van der Waals surface area (Å²) in [6.07, 6.45) is 3.74. The van der Waals surface area contributed by atoms with Gasteiger partial charge in [0, 0.05) is 36.4 Å². The van der Waals surface area contributed by atoms with Crippen LogP contribution in [0.2, 0.25) is 0 Å². The number of carbonyl (C=O) groups is 1. The fraction of sp³-hybridized carbons (Fsp3) is 0.444. The van der Waals surface area contributed by atoms with E-state index in [2.05, 4.69) is 38.6 Å². The molecular weight excluding hydrogens is 348 g/mol. The molecule has 0 fully saturated rings. The molecule has 3 aromatic heterocycles. The van der Waals surface area contributed by atoms with Crippen molar-refractivity contribution in [3.8, 4) is 0 Å². The number of hydrogen-bond donors (Lipinski definition) is 1. The quantitative estimate of drug-likeness (QED) is 0.719. The predicted molar refractivity (Wildman–Crippen MR) is 101 cm³/mol. The minimum atomic E-state index is -0.123. The van der Waals surface area contributed by atoms with E-state index in [-0.39, 0.29) is 11.9 Å². The lowest BCUT2D eigenvalue weighted by atomic mass is 10.2. The Balaban J connectivity index is 1.72. The van der Waals surface area contributed by atoms with E-state index in [0.717, 1.165) is 22.2 Å². The molecule has 1 atom stereocenters. The van der Waals surface area contributed by atoms with Crippen LogP contribution in [0.4, 0.5) is 0 Å². The molecule has 26 heavy (non-hydrogen) atoms. The number of nitrogens with zero attached hydrogens (tertiary/aromatic N) is 5. The van der Waals surface area contributed by atoms with E-state index < -0.39 is 0 Å². The number of thiazole rings is 1. The minimum absolute atomic E-state index is 0.0949. The second-order valence-electron chi connectivity index (χ2n) is 6.77. The van der Waals surface area contributed by atoms with Crippen LogP contribution < -0.4 is 0 Å². The molecular formula is C18H24N6OS. The summed E-state index contributed by atoms with van der Waals surface area (Å²) >= 11 is 1.57. The van der Waals surface area contributed by atoms with Gasteiger partial charge in [0.1, 0.15) is 16.5 Å². The monoisotopic (exact) mass is 372 g/mol. The molecule has 0 bridgehead atoms. The maximum Gasteiger partial charge on any atom is 0.274 e. The van der Waals surface area contributed by atoms with Gasteiger partial charge in [-0.05, 0) is 19.9 Å². The zero-order valence-corrected chi connectivity index (χ0v) is 16.5. The molecule has 0 radical (unpaired) electrons. The van der Waals surface area contributed by atoms with Crippen molar-refractivity contribution in [1.29, 1.82) is 0 Å². The molecule has 0 aliphatic heterocycles. The molecule has 3 heterocycles. The summed E-state index contributed by atoms with van der Waals surface area (Å²) in [5, 5.41) is 10.1. The molecule has 0 saturated carbocycles. The molecule has 1 N–H and O–H groups in total. The normalized spacial score (nSPS) is 12.5. The largest absolute Gasteiger partial charge is 0.331 e. The lowest BCUT2D eigenvalue weighted by molar-refractivity contribution is 0.0736. The topological polar surface area (TPSA) is 79.7 Å². The molecule has 138 valence electrons. The third-order valence-electron chi connectivity index (χ3n) is 4.35. The van der Waals surface area contributed by atoms with Crippen LogP contribution in [-0.2, 0) is 6.54 Å². The van der Waals surface area contributed by atoms with Gasteiger partial charge in [-0.3, -0.25) is 9.89 Å². The minimum Gasteiger partial charge on any atom is -0.331 e. The van der Waals surface area contributed by atoms with E-state index in [1.165, 1.54) is 0 Å². The zero-order chi connectivity index (χ0) is 18.8. The van der Waals surface area contributed by atoms with Crippen LogP contribution in [-0.4, -0.2) is 42.6 Å². The third kappa shape index (κ3) is 3.70. The SMILES string of the molecule is Cc1csc(C(C)N(C)C(=O)c2cc(Cn3ccnc3C(C)C)[nH]n2)n1. The fourth-order valence-corrected chi connectivity index (χ4v) is 3.67. The van der Waals surface area contributed by atoms with Crippen LogP contribution in [0.25, 0.3) is 0 Å². The van der Waals surface area contributed by atoms with Crippen molar-refractivity contribution in [3.05, 3.63) is 51.8 Å². The van der Waals surface area contributed by atoms with Crippen LogP contribution >= 0.6 is 11.3 Å². The lowest BCUT2D eigenvalue weighted by Gasteiger charge is -2.22. The van der Waals surface area contributed by atoms with E-state index >= 15 is 0 Å². The Kier molecular flexibility index (Phi) is 5.22. The highest BCUT2D eigenvalue weighted by atomic mass is 32.1. The zero-order valence-electron chi connectivity index (χ0n) is 15.7. The van der Waals surface area contributed by atoms with Gasteiger partial charge in [0.2, 0.25) is 0 Å². The number of H-pyrrole nitrogens is 1. The summed E-state index contributed by atoms with van der Waals surface area (Å²) in [7, 11) is 1.78. The first-order valence-corrected chi connectivity index (χ1v) is 9.49. The number of amides is 1. The summed E-state index contributed by atoms with van der Waals surface area (Å²) in [5.74, 6) is 1.22. The molecule has 0 saturated heterocycles. The number of nitrogens with one attached hydrogen (secondary N) is 1. The molecule has 0 aliphatic rings. The van der Waals surface area contributed by atoms with Gasteiger partial charge in [-0.15, -0.1) is 11.3 Å². The summed E-state index contributed by atoms with van der Waals surface area (Å²) in [6.45, 7) is 8.76. The van der Waals surface area contributed by atoms with Gasteiger partial charge in [-0.1, -0.05) is 13.8 Å². The van der Waals surface area contributed by atoms with Crippen molar-refractivity contribution in [3.63, 3.8) is 0 Å². The van der Waals surface area contributed by atoms with Gasteiger partial charge in [0.25, 0.3) is 5.91 Å². The number of hydrogen-bond acceptors (Lipinski definition) is 5. The highest BCUT2D eigenvalue weighted by Gasteiger charge is 2.23. The van der Waals surface area contributed by atoms with Crippen molar-refractivity contribution < 1.29 is 4.79 Å². The Hall–Kier alpha value is -2.48. The van der Waals surface area contributed by atoms with E-state index in [1.54, 1.807) is 29.5 Å². The van der Waals surface area contributed by atoms with Gasteiger partial charge in [-0.2, -0.15) is 5.10 Å². The van der Waals surface area contributed by atoms with Crippen LogP contribution in [0, 0.1) is 6.92 Å². The molecule has 1 unspecified atom stereocenters. The molecule has 0 spiro atoms. The Morgan fingerprint density at radius 1 is 1.38 bits per heavy atom. The Bertz CT molecular complexity index is 893. The smallest absolute Gasteiger partial charge is 0.274 e. The van der Waals surface area contributed by atoms with Crippen LogP contribution in [0.3, 0.4) is 0 Å². The highest BCUT2D eigenvalue weighted by Crippen LogP contribution is 2.24. The summed E-state index contributed by atoms with van der Waals surface area (Å²) in [6, 6.07) is 1.71. The van der Waals surface area contributed by atoms with E-state index in [0.29, 0.717) is 18.2 Å². The number of rotatable bonds is 6. The van der Waals surface area contributed by atoms with Crippen LogP contribution in [0.5, 0.6) is 0 Å². The van der Waals surface area contributed by atoms with Crippen molar-refractivity contribution in [1.82, 2.24) is 29.6 Å².